The molecular weight excluding hydrogens is 266 g/mol. The van der Waals surface area contributed by atoms with E-state index in [1.54, 1.807) is 11.6 Å². The third kappa shape index (κ3) is 2.82. The van der Waals surface area contributed by atoms with Crippen LogP contribution in [0.2, 0.25) is 0 Å². The van der Waals surface area contributed by atoms with Gasteiger partial charge < -0.3 is 4.98 Å². The van der Waals surface area contributed by atoms with Gasteiger partial charge in [0, 0.05) is 11.6 Å². The lowest BCUT2D eigenvalue weighted by molar-refractivity contribution is -0.124. The van der Waals surface area contributed by atoms with E-state index in [-0.39, 0.29) is 0 Å². The molecule has 0 aliphatic heterocycles. The molecule has 0 radical (unpaired) electrons. The van der Waals surface area contributed by atoms with Gasteiger partial charge >= 0.3 is 0 Å². The second kappa shape index (κ2) is 5.60. The average molecular weight is 279 g/mol. The number of amides is 1. The molecule has 3 N–H and O–H groups in total. The lowest BCUT2D eigenvalue weighted by Crippen LogP contribution is -2.14. The van der Waals surface area contributed by atoms with E-state index >= 15 is 0 Å². The number of hydrogen-bond donors (Lipinski definition) is 3. The number of imidazole rings is 1. The Labute approximate surface area is 120 Å². The Balaban J connectivity index is 1.95. The van der Waals surface area contributed by atoms with Gasteiger partial charge in [0.2, 0.25) is 0 Å². The summed E-state index contributed by atoms with van der Waals surface area (Å²) in [6.45, 7) is 0. The van der Waals surface area contributed by atoms with Gasteiger partial charge in [-0.05, 0) is 29.8 Å². The number of nitrogens with zero attached hydrogens (tertiary/aromatic N) is 1. The molecule has 1 aromatic heterocycles. The van der Waals surface area contributed by atoms with E-state index in [2.05, 4.69) is 9.97 Å². The van der Waals surface area contributed by atoms with Crippen LogP contribution in [0.15, 0.2) is 54.6 Å². The maximum Gasteiger partial charge on any atom is 0.267 e. The smallest absolute Gasteiger partial charge is 0.267 e. The second-order valence-corrected chi connectivity index (χ2v) is 4.54. The third-order valence-electron chi connectivity index (χ3n) is 3.09. The van der Waals surface area contributed by atoms with Crippen molar-refractivity contribution >= 4 is 23.0 Å². The number of hydrogen-bond acceptors (Lipinski definition) is 3. The number of carbonyl (C=O) groups excluding carboxylic acids is 1. The van der Waals surface area contributed by atoms with Crippen molar-refractivity contribution in [1.82, 2.24) is 15.4 Å². The highest BCUT2D eigenvalue weighted by Crippen LogP contribution is 2.21. The predicted octanol–water partition coefficient (Wildman–Crippen LogP) is 2.75. The molecule has 0 fully saturated rings. The first-order valence-corrected chi connectivity index (χ1v) is 6.43. The molecule has 0 atom stereocenters. The third-order valence-corrected chi connectivity index (χ3v) is 3.09. The van der Waals surface area contributed by atoms with Crippen molar-refractivity contribution in [2.75, 3.05) is 0 Å². The van der Waals surface area contributed by atoms with Crippen molar-refractivity contribution in [3.05, 3.63) is 60.2 Å². The molecule has 3 rings (SSSR count). The van der Waals surface area contributed by atoms with Gasteiger partial charge in [-0.1, -0.05) is 30.3 Å². The highest BCUT2D eigenvalue weighted by atomic mass is 16.5. The molecule has 104 valence electrons. The van der Waals surface area contributed by atoms with Crippen LogP contribution in [0.1, 0.15) is 5.56 Å². The largest absolute Gasteiger partial charge is 0.338 e. The Morgan fingerprint density at radius 2 is 2.05 bits per heavy atom. The topological polar surface area (TPSA) is 78.0 Å². The van der Waals surface area contributed by atoms with E-state index in [1.807, 2.05) is 48.5 Å². The Hall–Kier alpha value is -2.92. The minimum absolute atomic E-state index is 0.566. The predicted molar refractivity (Wildman–Crippen MR) is 80.5 cm³/mol. The Morgan fingerprint density at radius 1 is 1.19 bits per heavy atom. The van der Waals surface area contributed by atoms with Crippen LogP contribution < -0.4 is 5.48 Å². The zero-order valence-electron chi connectivity index (χ0n) is 11.1. The summed E-state index contributed by atoms with van der Waals surface area (Å²) < 4.78 is 0. The molecule has 5 nitrogen and oxygen atoms in total. The first kappa shape index (κ1) is 13.1. The summed E-state index contributed by atoms with van der Waals surface area (Å²) in [5.41, 5.74) is 5.22. The van der Waals surface area contributed by atoms with Crippen LogP contribution in [0.5, 0.6) is 0 Å². The molecule has 0 saturated heterocycles. The minimum atomic E-state index is -0.566. The van der Waals surface area contributed by atoms with Crippen LogP contribution in [0.4, 0.5) is 0 Å². The fourth-order valence-electron chi connectivity index (χ4n) is 2.09. The number of H-pyrrole nitrogens is 1. The lowest BCUT2D eigenvalue weighted by atomic mass is 10.1. The van der Waals surface area contributed by atoms with Crippen molar-refractivity contribution in [3.8, 4) is 11.4 Å². The number of carbonyl (C=O) groups is 1. The fourth-order valence-corrected chi connectivity index (χ4v) is 2.09. The van der Waals surface area contributed by atoms with Gasteiger partial charge in [0.25, 0.3) is 5.91 Å². The van der Waals surface area contributed by atoms with Gasteiger partial charge in [0.1, 0.15) is 5.82 Å². The van der Waals surface area contributed by atoms with Crippen LogP contribution >= 0.6 is 0 Å². The highest BCUT2D eigenvalue weighted by molar-refractivity contribution is 5.91. The van der Waals surface area contributed by atoms with Crippen LogP contribution in [0.25, 0.3) is 28.5 Å². The normalized spacial score (nSPS) is 11.1. The number of aromatic nitrogens is 2. The second-order valence-electron chi connectivity index (χ2n) is 4.54. The average Bonchev–Trinajstić information content (AvgIpc) is 2.97. The molecule has 0 aliphatic carbocycles. The standard InChI is InChI=1S/C16H13N3O2/c20-15(19-21)9-8-11-4-3-5-12(10-11)16-17-13-6-1-2-7-14(13)18-16/h1-10,21H,(H,17,18)(H,19,20)/b9-8+. The summed E-state index contributed by atoms with van der Waals surface area (Å²) in [6.07, 6.45) is 2.88. The maximum absolute atomic E-state index is 11.0. The minimum Gasteiger partial charge on any atom is -0.338 e. The molecule has 5 heteroatoms. The van der Waals surface area contributed by atoms with E-state index < -0.39 is 5.91 Å². The molecule has 1 heterocycles. The van der Waals surface area contributed by atoms with Crippen molar-refractivity contribution in [2.24, 2.45) is 0 Å². The van der Waals surface area contributed by atoms with Crippen molar-refractivity contribution in [3.63, 3.8) is 0 Å². The summed E-state index contributed by atoms with van der Waals surface area (Å²) in [4.78, 5) is 18.8. The quantitative estimate of drug-likeness (QED) is 0.392. The fraction of sp³-hybridized carbons (Fsp3) is 0. The number of fused-ring (bicyclic) bond motifs is 1. The van der Waals surface area contributed by atoms with Crippen molar-refractivity contribution in [2.45, 2.75) is 0 Å². The lowest BCUT2D eigenvalue weighted by Gasteiger charge is -1.99. The number of rotatable bonds is 3. The van der Waals surface area contributed by atoms with Crippen molar-refractivity contribution in [1.29, 1.82) is 0 Å². The Kier molecular flexibility index (Phi) is 3.49. The number of nitrogens with one attached hydrogen (secondary N) is 2. The Morgan fingerprint density at radius 3 is 2.86 bits per heavy atom. The number of benzene rings is 2. The highest BCUT2D eigenvalue weighted by Gasteiger charge is 2.04. The molecule has 0 aliphatic rings. The number of hydroxylamine groups is 1. The van der Waals surface area contributed by atoms with Gasteiger partial charge in [0.15, 0.2) is 0 Å². The van der Waals surface area contributed by atoms with E-state index in [0.717, 1.165) is 28.0 Å². The molecule has 0 bridgehead atoms. The van der Waals surface area contributed by atoms with Gasteiger partial charge in [-0.3, -0.25) is 10.0 Å². The summed E-state index contributed by atoms with van der Waals surface area (Å²) in [7, 11) is 0. The van der Waals surface area contributed by atoms with Crippen LogP contribution in [-0.4, -0.2) is 21.1 Å². The van der Waals surface area contributed by atoms with Crippen molar-refractivity contribution < 1.29 is 10.0 Å². The molecule has 21 heavy (non-hydrogen) atoms. The summed E-state index contributed by atoms with van der Waals surface area (Å²) in [5, 5.41) is 8.46. The number of aromatic amines is 1. The van der Waals surface area contributed by atoms with E-state index in [9.17, 15) is 4.79 Å². The SMILES string of the molecule is O=C(/C=C/c1cccc(-c2nc3ccccc3[nH]2)c1)NO. The summed E-state index contributed by atoms with van der Waals surface area (Å²) in [6, 6.07) is 15.4. The first-order valence-electron chi connectivity index (χ1n) is 6.43. The van der Waals surface area contributed by atoms with Crippen LogP contribution in [-0.2, 0) is 4.79 Å². The Bertz CT molecular complexity index is 788. The molecule has 0 unspecified atom stereocenters. The monoisotopic (exact) mass is 279 g/mol. The van der Waals surface area contributed by atoms with E-state index in [4.69, 9.17) is 5.21 Å². The molecule has 1 amide bonds. The molecule has 3 aromatic rings. The van der Waals surface area contributed by atoms with E-state index in [1.165, 1.54) is 6.08 Å². The zero-order chi connectivity index (χ0) is 14.7. The molecular formula is C16H13N3O2. The molecule has 2 aromatic carbocycles. The molecule has 0 saturated carbocycles. The van der Waals surface area contributed by atoms with E-state index in [0.29, 0.717) is 0 Å². The summed E-state index contributed by atoms with van der Waals surface area (Å²) >= 11 is 0. The van der Waals surface area contributed by atoms with Crippen LogP contribution in [0.3, 0.4) is 0 Å². The zero-order valence-corrected chi connectivity index (χ0v) is 11.1. The van der Waals surface area contributed by atoms with Gasteiger partial charge in [-0.15, -0.1) is 0 Å². The number of para-hydroxylation sites is 2. The summed E-state index contributed by atoms with van der Waals surface area (Å²) in [5.74, 6) is 0.210. The maximum atomic E-state index is 11.0. The van der Waals surface area contributed by atoms with Gasteiger partial charge in [0.05, 0.1) is 11.0 Å². The van der Waals surface area contributed by atoms with Gasteiger partial charge in [-0.25, -0.2) is 10.5 Å². The first-order chi connectivity index (χ1) is 10.3. The van der Waals surface area contributed by atoms with Gasteiger partial charge in [-0.2, -0.15) is 0 Å². The molecule has 0 spiro atoms. The van der Waals surface area contributed by atoms with Crippen LogP contribution in [0, 0.1) is 0 Å².